The maximum atomic E-state index is 2.36. The van der Waals surface area contributed by atoms with Gasteiger partial charge in [-0.15, -0.1) is 0 Å². The minimum atomic E-state index is 0. The van der Waals surface area contributed by atoms with Gasteiger partial charge in [0.15, 0.2) is 0 Å². The number of alkyl halides is 2. The topological polar surface area (TPSA) is 35.0 Å². The lowest BCUT2D eigenvalue weighted by Crippen LogP contribution is -1.90. The van der Waals surface area contributed by atoms with Gasteiger partial charge in [-0.2, -0.15) is 0 Å². The molecule has 40 valence electrons. The summed E-state index contributed by atoms with van der Waals surface area (Å²) in [5.74, 6) is 0. The Morgan fingerprint density at radius 1 is 1.17 bits per heavy atom. The second-order valence-electron chi connectivity index (χ2n) is 1.33. The quantitative estimate of drug-likeness (QED) is 0.542. The van der Waals surface area contributed by atoms with E-state index in [0.717, 1.165) is 0 Å². The average Bonchev–Trinajstić information content (AvgIpc) is 0.722. The summed E-state index contributed by atoms with van der Waals surface area (Å²) >= 11 is 4.73. The summed E-state index contributed by atoms with van der Waals surface area (Å²) in [6.07, 6.45) is 0. The van der Waals surface area contributed by atoms with Gasteiger partial charge in [-0.25, -0.2) is 0 Å². The van der Waals surface area contributed by atoms with Gasteiger partial charge in [-0.3, -0.25) is 0 Å². The predicted octanol–water partition coefficient (Wildman–Crippen LogP) is 2.75. The van der Waals surface area contributed by atoms with Crippen molar-refractivity contribution >= 4 is 45.2 Å². The van der Waals surface area contributed by atoms with E-state index < -0.39 is 0 Å². The lowest BCUT2D eigenvalue weighted by molar-refractivity contribution is 1.13. The Morgan fingerprint density at radius 2 is 1.17 bits per heavy atom. The van der Waals surface area contributed by atoms with Gasteiger partial charge in [0.1, 0.15) is 0 Å². The molecule has 6 heavy (non-hydrogen) atoms. The van der Waals surface area contributed by atoms with Gasteiger partial charge in [-0.05, 0) is 13.8 Å². The maximum Gasteiger partial charge on any atom is 0.0678 e. The minimum absolute atomic E-state index is 0. The summed E-state index contributed by atoms with van der Waals surface area (Å²) in [7, 11) is 0. The van der Waals surface area contributed by atoms with Crippen LogP contribution in [-0.4, -0.2) is 1.43 Å². The lowest BCUT2D eigenvalue weighted by Gasteiger charge is -1.99. The first-order chi connectivity index (χ1) is 2.00. The summed E-state index contributed by atoms with van der Waals surface area (Å²) in [5.41, 5.74) is 0. The van der Waals surface area contributed by atoms with Crippen LogP contribution in [-0.2, 0) is 0 Å². The van der Waals surface area contributed by atoms with Crippen molar-refractivity contribution in [3.63, 3.8) is 0 Å². The molecule has 0 fully saturated rings. The van der Waals surface area contributed by atoms with Crippen LogP contribution in [0.1, 0.15) is 13.8 Å². The molecule has 0 unspecified atom stereocenters. The molecule has 0 rings (SSSR count). The van der Waals surface area contributed by atoms with E-state index in [1.807, 2.05) is 0 Å². The van der Waals surface area contributed by atoms with Crippen LogP contribution in [0.15, 0.2) is 0 Å². The molecule has 0 aromatic carbocycles. The molecule has 0 heterocycles. The molecule has 0 saturated carbocycles. The van der Waals surface area contributed by atoms with E-state index in [9.17, 15) is 0 Å². The summed E-state index contributed by atoms with van der Waals surface area (Å²) in [6.45, 7) is 4.32. The molecule has 0 spiro atoms. The first-order valence-electron chi connectivity index (χ1n) is 1.38. The zero-order valence-electron chi connectivity index (χ0n) is 3.96. The summed E-state index contributed by atoms with van der Waals surface area (Å²) < 4.78 is 0.440. The van der Waals surface area contributed by atoms with Gasteiger partial charge in [0, 0.05) is 0 Å². The molecule has 0 bridgehead atoms. The molecule has 3 N–H and O–H groups in total. The molecule has 0 saturated heterocycles. The zero-order chi connectivity index (χ0) is 4.50. The highest BCUT2D eigenvalue weighted by molar-refractivity contribution is 14.2. The normalized spacial score (nSPS) is 10.0. The van der Waals surface area contributed by atoms with Crippen molar-refractivity contribution < 1.29 is 0 Å². The van der Waals surface area contributed by atoms with E-state index in [0.29, 0.717) is 1.43 Å². The fraction of sp³-hybridized carbons (Fsp3) is 1.00. The monoisotopic (exact) mass is 313 g/mol. The minimum Gasteiger partial charge on any atom is -0.344 e. The SMILES string of the molecule is CC(C)(I)I.N. The number of halogens is 2. The van der Waals surface area contributed by atoms with Crippen LogP contribution in [0.5, 0.6) is 0 Å². The van der Waals surface area contributed by atoms with Crippen LogP contribution < -0.4 is 6.15 Å². The highest BCUT2D eigenvalue weighted by atomic mass is 127. The van der Waals surface area contributed by atoms with Crippen LogP contribution in [0, 0.1) is 0 Å². The van der Waals surface area contributed by atoms with E-state index in [1.54, 1.807) is 0 Å². The van der Waals surface area contributed by atoms with Crippen molar-refractivity contribution in [2.24, 2.45) is 0 Å². The molecule has 0 atom stereocenters. The average molecular weight is 313 g/mol. The molecular weight excluding hydrogens is 304 g/mol. The molecule has 0 aromatic heterocycles. The number of hydrogen-bond acceptors (Lipinski definition) is 1. The van der Waals surface area contributed by atoms with Crippen molar-refractivity contribution in [1.29, 1.82) is 0 Å². The molecule has 0 radical (unpaired) electrons. The first-order valence-corrected chi connectivity index (χ1v) is 3.54. The van der Waals surface area contributed by atoms with Crippen molar-refractivity contribution in [3.8, 4) is 0 Å². The third-order valence-corrected chi connectivity index (χ3v) is 0. The van der Waals surface area contributed by atoms with Crippen LogP contribution in [0.3, 0.4) is 0 Å². The molecule has 0 aliphatic carbocycles. The smallest absolute Gasteiger partial charge is 0.0678 e. The summed E-state index contributed by atoms with van der Waals surface area (Å²) in [4.78, 5) is 0. The van der Waals surface area contributed by atoms with Gasteiger partial charge in [-0.1, -0.05) is 45.2 Å². The van der Waals surface area contributed by atoms with E-state index in [2.05, 4.69) is 59.0 Å². The van der Waals surface area contributed by atoms with E-state index in [4.69, 9.17) is 0 Å². The molecular formula is C3H9I2N. The standard InChI is InChI=1S/C3H6I2.H3N/c1-3(2,4)5;/h1-2H3;1H3. The first kappa shape index (κ1) is 10.4. The second-order valence-corrected chi connectivity index (χ2v) is 8.79. The molecule has 0 aromatic rings. The highest BCUT2D eigenvalue weighted by Crippen LogP contribution is 2.24. The number of hydrogen-bond donors (Lipinski definition) is 1. The Balaban J connectivity index is 0. The van der Waals surface area contributed by atoms with Gasteiger partial charge in [0.25, 0.3) is 0 Å². The third kappa shape index (κ3) is 52.5. The summed E-state index contributed by atoms with van der Waals surface area (Å²) in [6, 6.07) is 0. The fourth-order valence-electron chi connectivity index (χ4n) is 0. The molecule has 0 aliphatic heterocycles. The predicted molar refractivity (Wildman–Crippen MR) is 47.1 cm³/mol. The van der Waals surface area contributed by atoms with Crippen LogP contribution in [0.2, 0.25) is 0 Å². The largest absolute Gasteiger partial charge is 0.344 e. The molecule has 3 heteroatoms. The van der Waals surface area contributed by atoms with E-state index >= 15 is 0 Å². The van der Waals surface area contributed by atoms with E-state index in [1.165, 1.54) is 0 Å². The van der Waals surface area contributed by atoms with Gasteiger partial charge in [0.2, 0.25) is 0 Å². The Kier molecular flexibility index (Phi) is 5.94. The van der Waals surface area contributed by atoms with Gasteiger partial charge >= 0.3 is 0 Å². The van der Waals surface area contributed by atoms with Crippen molar-refractivity contribution in [2.75, 3.05) is 0 Å². The fourth-order valence-corrected chi connectivity index (χ4v) is 0. The third-order valence-electron chi connectivity index (χ3n) is 0. The summed E-state index contributed by atoms with van der Waals surface area (Å²) in [5, 5.41) is 0. The highest BCUT2D eigenvalue weighted by Gasteiger charge is 2.01. The van der Waals surface area contributed by atoms with Crippen molar-refractivity contribution in [3.05, 3.63) is 0 Å². The Bertz CT molecular complexity index is 24.3. The van der Waals surface area contributed by atoms with Crippen LogP contribution in [0.25, 0.3) is 0 Å². The maximum absolute atomic E-state index is 2.36. The van der Waals surface area contributed by atoms with Crippen molar-refractivity contribution in [1.82, 2.24) is 6.15 Å². The van der Waals surface area contributed by atoms with Crippen LogP contribution >= 0.6 is 45.2 Å². The van der Waals surface area contributed by atoms with Gasteiger partial charge in [0.05, 0.1) is 1.43 Å². The lowest BCUT2D eigenvalue weighted by atomic mass is 10.6. The van der Waals surface area contributed by atoms with E-state index in [-0.39, 0.29) is 6.15 Å². The van der Waals surface area contributed by atoms with Crippen molar-refractivity contribution in [2.45, 2.75) is 15.3 Å². The van der Waals surface area contributed by atoms with Crippen LogP contribution in [0.4, 0.5) is 0 Å². The Hall–Kier alpha value is 1.42. The Morgan fingerprint density at radius 3 is 1.17 bits per heavy atom. The Labute approximate surface area is 66.1 Å². The van der Waals surface area contributed by atoms with Gasteiger partial charge < -0.3 is 6.15 Å². The molecule has 0 amide bonds. The molecule has 1 nitrogen and oxygen atoms in total. The zero-order valence-corrected chi connectivity index (χ0v) is 8.28. The number of rotatable bonds is 0. The molecule has 0 aliphatic rings. The second kappa shape index (κ2) is 3.43.